The molecule has 0 bridgehead atoms. The molecule has 110 valence electrons. The molecule has 20 heavy (non-hydrogen) atoms. The van der Waals surface area contributed by atoms with E-state index in [-0.39, 0.29) is 10.6 Å². The molecular formula is C14H20BrN3O2. The van der Waals surface area contributed by atoms with Gasteiger partial charge in [-0.05, 0) is 37.6 Å². The summed E-state index contributed by atoms with van der Waals surface area (Å²) in [5.74, 6) is 0. The molecule has 1 saturated heterocycles. The van der Waals surface area contributed by atoms with E-state index in [1.54, 1.807) is 6.07 Å². The molecule has 0 amide bonds. The van der Waals surface area contributed by atoms with Crippen LogP contribution in [0.5, 0.6) is 0 Å². The van der Waals surface area contributed by atoms with Crippen molar-refractivity contribution < 1.29 is 4.92 Å². The number of nitro benzene ring substituents is 1. The predicted molar refractivity (Wildman–Crippen MR) is 82.8 cm³/mol. The maximum Gasteiger partial charge on any atom is 0.270 e. The number of likely N-dealkylation sites (N-methyl/N-ethyl adjacent to an activating group) is 1. The van der Waals surface area contributed by atoms with Gasteiger partial charge in [0.25, 0.3) is 5.69 Å². The van der Waals surface area contributed by atoms with Gasteiger partial charge in [0, 0.05) is 35.7 Å². The minimum atomic E-state index is -0.357. The number of nitrogens with one attached hydrogen (secondary N) is 1. The summed E-state index contributed by atoms with van der Waals surface area (Å²) in [7, 11) is 0. The standard InChI is InChI=1S/C14H20BrN3O2/c1-2-17-5-3-4-13(17)10-16-9-11-6-12(15)8-14(7-11)18(19)20/h6-8,13,16H,2-5,9-10H2,1H3. The molecule has 1 aromatic carbocycles. The summed E-state index contributed by atoms with van der Waals surface area (Å²) in [5.41, 5.74) is 1.07. The molecule has 2 rings (SSSR count). The second kappa shape index (κ2) is 7.15. The van der Waals surface area contributed by atoms with Gasteiger partial charge in [-0.1, -0.05) is 22.9 Å². The van der Waals surface area contributed by atoms with Crippen LogP contribution in [0.2, 0.25) is 0 Å². The Balaban J connectivity index is 1.89. The molecule has 5 nitrogen and oxygen atoms in total. The van der Waals surface area contributed by atoms with E-state index in [1.165, 1.54) is 25.5 Å². The Bertz CT molecular complexity index is 481. The molecular weight excluding hydrogens is 322 g/mol. The molecule has 1 N–H and O–H groups in total. The number of non-ortho nitro benzene ring substituents is 1. The molecule has 1 atom stereocenters. The average Bonchev–Trinajstić information content (AvgIpc) is 2.85. The first-order chi connectivity index (χ1) is 9.60. The van der Waals surface area contributed by atoms with Crippen LogP contribution < -0.4 is 5.32 Å². The number of nitrogens with zero attached hydrogens (tertiary/aromatic N) is 2. The number of rotatable bonds is 6. The normalized spacial score (nSPS) is 19.4. The molecule has 0 aromatic heterocycles. The van der Waals surface area contributed by atoms with Gasteiger partial charge in [-0.2, -0.15) is 0 Å². The van der Waals surface area contributed by atoms with Crippen LogP contribution >= 0.6 is 15.9 Å². The lowest BCUT2D eigenvalue weighted by Crippen LogP contribution is -2.37. The first-order valence-corrected chi connectivity index (χ1v) is 7.78. The smallest absolute Gasteiger partial charge is 0.270 e. The first kappa shape index (κ1) is 15.4. The van der Waals surface area contributed by atoms with E-state index < -0.39 is 0 Å². The second-order valence-corrected chi connectivity index (χ2v) is 6.05. The number of hydrogen-bond donors (Lipinski definition) is 1. The van der Waals surface area contributed by atoms with Crippen LogP contribution in [0.15, 0.2) is 22.7 Å². The highest BCUT2D eigenvalue weighted by atomic mass is 79.9. The third-order valence-corrected chi connectivity index (χ3v) is 4.23. The molecule has 1 unspecified atom stereocenters. The lowest BCUT2D eigenvalue weighted by molar-refractivity contribution is -0.385. The van der Waals surface area contributed by atoms with Crippen molar-refractivity contribution in [3.63, 3.8) is 0 Å². The van der Waals surface area contributed by atoms with Gasteiger partial charge in [0.15, 0.2) is 0 Å². The zero-order valence-electron chi connectivity index (χ0n) is 11.6. The van der Waals surface area contributed by atoms with Crippen molar-refractivity contribution in [1.82, 2.24) is 10.2 Å². The van der Waals surface area contributed by atoms with E-state index in [9.17, 15) is 10.1 Å². The van der Waals surface area contributed by atoms with E-state index in [0.717, 1.165) is 23.1 Å². The maximum atomic E-state index is 10.8. The van der Waals surface area contributed by atoms with Gasteiger partial charge >= 0.3 is 0 Å². The number of hydrogen-bond acceptors (Lipinski definition) is 4. The minimum Gasteiger partial charge on any atom is -0.311 e. The van der Waals surface area contributed by atoms with Gasteiger partial charge < -0.3 is 5.32 Å². The van der Waals surface area contributed by atoms with Crippen LogP contribution in [0.4, 0.5) is 5.69 Å². The van der Waals surface area contributed by atoms with Gasteiger partial charge in [-0.15, -0.1) is 0 Å². The van der Waals surface area contributed by atoms with Gasteiger partial charge in [0.1, 0.15) is 0 Å². The molecule has 6 heteroatoms. The Morgan fingerprint density at radius 3 is 3.00 bits per heavy atom. The molecule has 1 fully saturated rings. The molecule has 1 aromatic rings. The summed E-state index contributed by atoms with van der Waals surface area (Å²) in [6, 6.07) is 5.68. The van der Waals surface area contributed by atoms with Gasteiger partial charge in [-0.3, -0.25) is 15.0 Å². The van der Waals surface area contributed by atoms with Gasteiger partial charge in [0.2, 0.25) is 0 Å². The second-order valence-electron chi connectivity index (χ2n) is 5.13. The van der Waals surface area contributed by atoms with Crippen molar-refractivity contribution in [2.45, 2.75) is 32.4 Å². The van der Waals surface area contributed by atoms with E-state index in [0.29, 0.717) is 12.6 Å². The Kier molecular flexibility index (Phi) is 5.51. The quantitative estimate of drug-likeness (QED) is 0.638. The minimum absolute atomic E-state index is 0.132. The fourth-order valence-corrected chi connectivity index (χ4v) is 3.30. The fourth-order valence-electron chi connectivity index (χ4n) is 2.77. The highest BCUT2D eigenvalue weighted by Gasteiger charge is 2.22. The van der Waals surface area contributed by atoms with Crippen LogP contribution in [0.3, 0.4) is 0 Å². The van der Waals surface area contributed by atoms with Gasteiger partial charge in [-0.25, -0.2) is 0 Å². The fraction of sp³-hybridized carbons (Fsp3) is 0.571. The monoisotopic (exact) mass is 341 g/mol. The molecule has 0 spiro atoms. The predicted octanol–water partition coefficient (Wildman–Crippen LogP) is 2.93. The first-order valence-electron chi connectivity index (χ1n) is 6.98. The van der Waals surface area contributed by atoms with Gasteiger partial charge in [0.05, 0.1) is 4.92 Å². The Morgan fingerprint density at radius 1 is 1.50 bits per heavy atom. The van der Waals surface area contributed by atoms with E-state index in [1.807, 2.05) is 6.07 Å². The molecule has 0 radical (unpaired) electrons. The molecule has 1 aliphatic heterocycles. The third kappa shape index (κ3) is 4.01. The SMILES string of the molecule is CCN1CCCC1CNCc1cc(Br)cc([N+](=O)[O-])c1. The van der Waals surface area contributed by atoms with Crippen molar-refractivity contribution in [3.05, 3.63) is 38.3 Å². The number of benzene rings is 1. The largest absolute Gasteiger partial charge is 0.311 e. The number of halogens is 1. The Morgan fingerprint density at radius 2 is 2.30 bits per heavy atom. The Labute approximate surface area is 127 Å². The maximum absolute atomic E-state index is 10.8. The molecule has 1 aliphatic rings. The topological polar surface area (TPSA) is 58.4 Å². The van der Waals surface area contributed by atoms with E-state index in [2.05, 4.69) is 33.1 Å². The van der Waals surface area contributed by atoms with Crippen LogP contribution in [0.25, 0.3) is 0 Å². The zero-order valence-corrected chi connectivity index (χ0v) is 13.2. The van der Waals surface area contributed by atoms with Crippen molar-refractivity contribution in [3.8, 4) is 0 Å². The van der Waals surface area contributed by atoms with Crippen molar-refractivity contribution in [2.75, 3.05) is 19.6 Å². The van der Waals surface area contributed by atoms with Crippen LogP contribution in [0, 0.1) is 10.1 Å². The Hall–Kier alpha value is -0.980. The highest BCUT2D eigenvalue weighted by Crippen LogP contribution is 2.21. The third-order valence-electron chi connectivity index (χ3n) is 3.77. The van der Waals surface area contributed by atoms with E-state index >= 15 is 0 Å². The van der Waals surface area contributed by atoms with Crippen molar-refractivity contribution >= 4 is 21.6 Å². The summed E-state index contributed by atoms with van der Waals surface area (Å²) in [6.07, 6.45) is 2.50. The van der Waals surface area contributed by atoms with Crippen LogP contribution in [-0.2, 0) is 6.54 Å². The summed E-state index contributed by atoms with van der Waals surface area (Å²) in [5, 5.41) is 14.2. The summed E-state index contributed by atoms with van der Waals surface area (Å²) >= 11 is 3.32. The number of likely N-dealkylation sites (tertiary alicyclic amines) is 1. The molecule has 1 heterocycles. The van der Waals surface area contributed by atoms with E-state index in [4.69, 9.17) is 0 Å². The van der Waals surface area contributed by atoms with Crippen molar-refractivity contribution in [2.24, 2.45) is 0 Å². The lowest BCUT2D eigenvalue weighted by Gasteiger charge is -2.23. The van der Waals surface area contributed by atoms with Crippen LogP contribution in [-0.4, -0.2) is 35.5 Å². The summed E-state index contributed by atoms with van der Waals surface area (Å²) in [6.45, 7) is 6.07. The van der Waals surface area contributed by atoms with Crippen molar-refractivity contribution in [1.29, 1.82) is 0 Å². The average molecular weight is 342 g/mol. The summed E-state index contributed by atoms with van der Waals surface area (Å²) < 4.78 is 0.750. The molecule has 0 aliphatic carbocycles. The lowest BCUT2D eigenvalue weighted by atomic mass is 10.2. The zero-order chi connectivity index (χ0) is 14.5. The summed E-state index contributed by atoms with van der Waals surface area (Å²) in [4.78, 5) is 13.0. The molecule has 0 saturated carbocycles. The highest BCUT2D eigenvalue weighted by molar-refractivity contribution is 9.10. The van der Waals surface area contributed by atoms with Crippen LogP contribution in [0.1, 0.15) is 25.3 Å². The number of nitro groups is 1.